The molecule has 7 saturated carbocycles. The number of carboxylic acid groups (broad SMARTS) is 1. The lowest BCUT2D eigenvalue weighted by molar-refractivity contribution is -0.263. The second kappa shape index (κ2) is 35.6. The van der Waals surface area contributed by atoms with Crippen molar-refractivity contribution in [2.45, 2.75) is 216 Å². The molecule has 2 aliphatic heterocycles. The molecule has 2 heterocycles. The Labute approximate surface area is 572 Å². The van der Waals surface area contributed by atoms with Crippen molar-refractivity contribution in [2.75, 3.05) is 52.7 Å². The van der Waals surface area contributed by atoms with Crippen molar-refractivity contribution >= 4 is 46.4 Å². The molecule has 0 spiro atoms. The largest absolute Gasteiger partial charge is 0.481 e. The number of aliphatic carboxylic acids is 1. The molecular weight excluding hydrogens is 1400 g/mol. The van der Waals surface area contributed by atoms with Crippen molar-refractivity contribution in [1.82, 2.24) is 63.8 Å². The summed E-state index contributed by atoms with van der Waals surface area (Å²) in [6.07, 6.45) is -8.25. The summed E-state index contributed by atoms with van der Waals surface area (Å²) in [6, 6.07) is -7.81. The first-order chi connectivity index (χ1) is 46.9. The first-order valence-corrected chi connectivity index (χ1v) is 39.5. The number of azo groups is 2. The summed E-state index contributed by atoms with van der Waals surface area (Å²) >= 11 is 0. The summed E-state index contributed by atoms with van der Waals surface area (Å²) < 4.78 is 146. The van der Waals surface area contributed by atoms with E-state index >= 15 is 0 Å². The van der Waals surface area contributed by atoms with Crippen molar-refractivity contribution in [3.8, 4) is 0 Å². The van der Waals surface area contributed by atoms with Crippen LogP contribution < -0.4 is 63.8 Å². The number of rotatable bonds is 31. The Hall–Kier alpha value is -2.65. The fourth-order valence-corrected chi connectivity index (χ4v) is 21.3. The Morgan fingerprint density at radius 2 is 0.778 bits per heavy atom. The molecule has 99 heavy (non-hydrogen) atoms. The zero-order valence-electron chi connectivity index (χ0n) is 54.0. The number of hydrogen-bond donors (Lipinski definition) is 25. The highest BCUT2D eigenvalue weighted by Crippen LogP contribution is 2.48. The van der Waals surface area contributed by atoms with Crippen LogP contribution in [0.15, 0.2) is 20.5 Å². The van der Waals surface area contributed by atoms with Gasteiger partial charge in [-0.25, -0.2) is 19.6 Å². The minimum absolute atomic E-state index is 0.0111. The summed E-state index contributed by atoms with van der Waals surface area (Å²) in [4.78, 5) is 30.8. The van der Waals surface area contributed by atoms with Gasteiger partial charge in [-0.3, -0.25) is 108 Å². The SMILES string of the molecule is O=C(O)C1CC(NC2NC(NCCO)NC(NC3CC(S(=O)(=O)O)CC4CC(S(=O)(=O)O)C(N=NC5CC(COO)CC(COO)C5)C(O)C43)N2)CCC1NC1NC(NCCO)NC(NC2CC(S(=O)(=O)O)CC3CC(S(=O)(=O)O)C(N=NC4CC(COO)CC(COO)C4)C(O)C32)N1. The maximum atomic E-state index is 13.3. The molecule has 9 aliphatic rings. The Kier molecular flexibility index (Phi) is 29.0. The predicted molar refractivity (Wildman–Crippen MR) is 340 cm³/mol. The molecule has 46 heteroatoms. The Morgan fingerprint density at radius 1 is 0.424 bits per heavy atom. The lowest BCUT2D eigenvalue weighted by atomic mass is 9.65. The van der Waals surface area contributed by atoms with E-state index in [0.717, 1.165) is 0 Å². The van der Waals surface area contributed by atoms with E-state index in [9.17, 15) is 103 Å². The Balaban J connectivity index is 0.893. The van der Waals surface area contributed by atoms with Crippen molar-refractivity contribution in [3.63, 3.8) is 0 Å². The number of carbonyl (C=O) groups is 1. The molecule has 0 bridgehead atoms. The summed E-state index contributed by atoms with van der Waals surface area (Å²) in [6.45, 7) is -0.906. The van der Waals surface area contributed by atoms with Gasteiger partial charge >= 0.3 is 5.97 Å². The number of fused-ring (bicyclic) bond motifs is 2. The second-order valence-corrected chi connectivity index (χ2v) is 34.8. The van der Waals surface area contributed by atoms with Crippen molar-refractivity contribution in [3.05, 3.63) is 0 Å². The average molecular weight is 1510 g/mol. The molecule has 27 atom stereocenters. The van der Waals surface area contributed by atoms with E-state index in [2.05, 4.69) is 104 Å². The van der Waals surface area contributed by atoms with E-state index < -0.39 is 208 Å². The number of aliphatic hydroxyl groups is 4. The minimum atomic E-state index is -5.00. The lowest BCUT2D eigenvalue weighted by Gasteiger charge is -2.51. The number of carboxylic acids is 1. The quantitative estimate of drug-likeness (QED) is 0.0134. The van der Waals surface area contributed by atoms with Crippen molar-refractivity contribution in [2.24, 2.45) is 73.7 Å². The van der Waals surface area contributed by atoms with E-state index in [4.69, 9.17) is 0 Å². The highest BCUT2D eigenvalue weighted by molar-refractivity contribution is 7.87. The molecule has 2 saturated heterocycles. The third kappa shape index (κ3) is 21.6. The van der Waals surface area contributed by atoms with E-state index in [1.165, 1.54) is 0 Å². The molecule has 42 nitrogen and oxygen atoms in total. The van der Waals surface area contributed by atoms with Gasteiger partial charge in [-0.05, 0) is 132 Å². The number of aliphatic hydroxyl groups excluding tert-OH is 4. The summed E-state index contributed by atoms with van der Waals surface area (Å²) in [5.41, 5.74) is 0. The molecule has 0 aromatic carbocycles. The topological polar surface area (TPSA) is 647 Å². The average Bonchev–Trinajstić information content (AvgIpc) is 0.753. The fraction of sp³-hybridized carbons (Fsp3) is 0.981. The van der Waals surface area contributed by atoms with Gasteiger partial charge in [0.05, 0.1) is 80.4 Å². The van der Waals surface area contributed by atoms with Crippen LogP contribution in [0.3, 0.4) is 0 Å². The maximum Gasteiger partial charge on any atom is 0.308 e. The monoisotopic (exact) mass is 1500 g/mol. The Morgan fingerprint density at radius 3 is 1.11 bits per heavy atom. The molecule has 0 aromatic rings. The standard InChI is InChI=1S/C53H100N16O26S4/c70-5-3-54-48-60-50(64-52(62-48)58-37-18-33(96(80,81)82)13-28-15-39(98(86,87)88)43(45(72)41(28)37)68-66-31-9-24(20-92-76)7-25(10-31)21-93-77)56-30-1-2-36(35(17-30)47(74)75)57-51-61-49(55-4-6-71)63-53(65-51)59-38-19-34(97(83,84)85)14-29-16-40(99(89,90)91)44(46(73)42(29)38)69-67-32-11-26(22-94-78)8-27(12-32)23-95-79/h24-46,48-65,70-73,76-79H,1-23H2,(H,74,75)(H,80,81,82)(H,83,84,85)(H,86,87,88)(H,89,90,91). The van der Waals surface area contributed by atoms with Crippen LogP contribution in [0, 0.1) is 53.3 Å². The van der Waals surface area contributed by atoms with Gasteiger partial charge in [0, 0.05) is 49.1 Å². The molecule has 0 amide bonds. The highest BCUT2D eigenvalue weighted by Gasteiger charge is 2.58. The molecule has 9 rings (SSSR count). The van der Waals surface area contributed by atoms with E-state index in [-0.39, 0.29) is 115 Å². The summed E-state index contributed by atoms with van der Waals surface area (Å²) in [5.74, 6) is -7.24. The van der Waals surface area contributed by atoms with Crippen LogP contribution in [-0.4, -0.2) is 276 Å². The van der Waals surface area contributed by atoms with Gasteiger partial charge in [-0.2, -0.15) is 54.1 Å². The third-order valence-corrected chi connectivity index (χ3v) is 26.4. The van der Waals surface area contributed by atoms with Crippen LogP contribution in [0.1, 0.15) is 96.3 Å². The van der Waals surface area contributed by atoms with Crippen LogP contribution in [-0.2, 0) is 64.8 Å². The number of nitrogens with zero attached hydrogens (tertiary/aromatic N) is 4. The van der Waals surface area contributed by atoms with Gasteiger partial charge in [-0.1, -0.05) is 0 Å². The van der Waals surface area contributed by atoms with Gasteiger partial charge < -0.3 is 25.5 Å². The fourth-order valence-electron chi connectivity index (χ4n) is 17.3. The third-order valence-electron chi connectivity index (χ3n) is 21.5. The van der Waals surface area contributed by atoms with E-state index in [1.54, 1.807) is 0 Å². The summed E-state index contributed by atoms with van der Waals surface area (Å²) in [7, 11) is -19.6. The zero-order valence-corrected chi connectivity index (χ0v) is 57.3. The van der Waals surface area contributed by atoms with Gasteiger partial charge in [0.15, 0.2) is 0 Å². The summed E-state index contributed by atoms with van der Waals surface area (Å²) in [5, 5.41) is 142. The maximum absolute atomic E-state index is 13.3. The minimum Gasteiger partial charge on any atom is -0.481 e. The van der Waals surface area contributed by atoms with Crippen LogP contribution in [0.5, 0.6) is 0 Å². The van der Waals surface area contributed by atoms with Gasteiger partial charge in [0.1, 0.15) is 60.3 Å². The molecule has 0 aromatic heterocycles. The molecule has 25 N–H and O–H groups in total. The van der Waals surface area contributed by atoms with Gasteiger partial charge in [-0.15, -0.1) is 0 Å². The first kappa shape index (κ1) is 80.4. The van der Waals surface area contributed by atoms with Gasteiger partial charge in [0.2, 0.25) is 0 Å². The van der Waals surface area contributed by atoms with Crippen LogP contribution >= 0.6 is 0 Å². The van der Waals surface area contributed by atoms with E-state index in [1.807, 2.05) is 0 Å². The van der Waals surface area contributed by atoms with Crippen LogP contribution in [0.2, 0.25) is 0 Å². The Bertz CT molecular complexity index is 3110. The molecule has 9 fully saturated rings. The second-order valence-electron chi connectivity index (χ2n) is 28.2. The zero-order chi connectivity index (χ0) is 71.7. The molecule has 27 unspecified atom stereocenters. The van der Waals surface area contributed by atoms with Crippen LogP contribution in [0.25, 0.3) is 0 Å². The number of nitrogens with one attached hydrogen (secondary N) is 12. The highest BCUT2D eigenvalue weighted by atomic mass is 32.2. The normalized spacial score (nSPS) is 42.2. The van der Waals surface area contributed by atoms with Crippen LogP contribution in [0.4, 0.5) is 0 Å². The lowest BCUT2D eigenvalue weighted by Crippen LogP contribution is -2.80. The predicted octanol–water partition coefficient (Wildman–Crippen LogP) is -5.09. The molecule has 572 valence electrons. The van der Waals surface area contributed by atoms with E-state index in [0.29, 0.717) is 44.9 Å². The van der Waals surface area contributed by atoms with Crippen molar-refractivity contribution in [1.29, 1.82) is 0 Å². The molecule has 7 aliphatic carbocycles. The number of hydrogen-bond acceptors (Lipinski definition) is 37. The first-order valence-electron chi connectivity index (χ1n) is 33.5. The van der Waals surface area contributed by atoms with Gasteiger partial charge in [0.25, 0.3) is 40.5 Å². The molecule has 0 radical (unpaired) electrons. The van der Waals surface area contributed by atoms with Crippen molar-refractivity contribution < 1.29 is 123 Å². The smallest absolute Gasteiger partial charge is 0.308 e. The molecular formula is C53H100N16O26S4.